The Labute approximate surface area is 89.1 Å². The molecule has 0 rings (SSSR count). The number of aliphatic carboxylic acids is 4. The summed E-state index contributed by atoms with van der Waals surface area (Å²) < 4.78 is 0. The van der Waals surface area contributed by atoms with Crippen molar-refractivity contribution < 1.29 is 39.6 Å². The molecule has 0 radical (unpaired) electrons. The molecular formula is C8H10O8. The van der Waals surface area contributed by atoms with Crippen molar-refractivity contribution in [2.75, 3.05) is 0 Å². The minimum atomic E-state index is -1.76. The molecule has 0 aromatic carbocycles. The molecular weight excluding hydrogens is 224 g/mol. The highest BCUT2D eigenvalue weighted by Crippen LogP contribution is 2.20. The predicted octanol–water partition coefficient (Wildman–Crippen LogP) is -0.663. The molecule has 0 saturated heterocycles. The van der Waals surface area contributed by atoms with E-state index in [1.807, 2.05) is 0 Å². The molecule has 0 aromatic heterocycles. The summed E-state index contributed by atoms with van der Waals surface area (Å²) in [6, 6.07) is 0. The number of carbonyl (C=O) groups is 4. The summed E-state index contributed by atoms with van der Waals surface area (Å²) in [5.74, 6) is -9.79. The van der Waals surface area contributed by atoms with Gasteiger partial charge in [-0.2, -0.15) is 0 Å². The molecule has 0 amide bonds. The van der Waals surface area contributed by atoms with Gasteiger partial charge in [-0.15, -0.1) is 0 Å². The van der Waals surface area contributed by atoms with Crippen LogP contribution in [0.15, 0.2) is 0 Å². The third kappa shape index (κ3) is 4.40. The van der Waals surface area contributed by atoms with Gasteiger partial charge in [0.05, 0.1) is 24.7 Å². The summed E-state index contributed by atoms with van der Waals surface area (Å²) >= 11 is 0. The molecule has 2 atom stereocenters. The maximum Gasteiger partial charge on any atom is 0.307 e. The van der Waals surface area contributed by atoms with Crippen LogP contribution in [0.25, 0.3) is 0 Å². The highest BCUT2D eigenvalue weighted by Gasteiger charge is 2.36. The van der Waals surface area contributed by atoms with Gasteiger partial charge in [0.2, 0.25) is 0 Å². The quantitative estimate of drug-likeness (QED) is 0.453. The van der Waals surface area contributed by atoms with E-state index in [1.54, 1.807) is 0 Å². The van der Waals surface area contributed by atoms with Gasteiger partial charge in [0.1, 0.15) is 0 Å². The lowest BCUT2D eigenvalue weighted by molar-refractivity contribution is -0.160. The standard InChI is InChI=1S/C8H10O8/c9-5(10)1-3(7(13)14)4(8(15)16)2-6(11)12/h3-4H,1-2H2,(H,9,10)(H,11,12)(H,13,14)(H,15,16)/t3-,4?/m0/s1. The highest BCUT2D eigenvalue weighted by atomic mass is 16.4. The highest BCUT2D eigenvalue weighted by molar-refractivity contribution is 5.86. The fourth-order valence-electron chi connectivity index (χ4n) is 1.18. The van der Waals surface area contributed by atoms with Crippen LogP contribution in [0, 0.1) is 11.8 Å². The zero-order chi connectivity index (χ0) is 12.9. The summed E-state index contributed by atoms with van der Waals surface area (Å²) in [4.78, 5) is 41.9. The number of carboxylic acids is 4. The first-order chi connectivity index (χ1) is 7.25. The van der Waals surface area contributed by atoms with Crippen LogP contribution in [-0.2, 0) is 19.2 Å². The minimum absolute atomic E-state index is 0.931. The van der Waals surface area contributed by atoms with Crippen LogP contribution in [-0.4, -0.2) is 44.3 Å². The van der Waals surface area contributed by atoms with Gasteiger partial charge in [-0.3, -0.25) is 19.2 Å². The molecule has 0 fully saturated rings. The van der Waals surface area contributed by atoms with Crippen LogP contribution in [0.1, 0.15) is 12.8 Å². The molecule has 4 N–H and O–H groups in total. The number of hydrogen-bond acceptors (Lipinski definition) is 4. The fraction of sp³-hybridized carbons (Fsp3) is 0.500. The smallest absolute Gasteiger partial charge is 0.307 e. The van der Waals surface area contributed by atoms with Gasteiger partial charge < -0.3 is 20.4 Å². The SMILES string of the molecule is O=C(O)CC(C(=O)O)[C@H](CC(=O)O)C(=O)O. The van der Waals surface area contributed by atoms with E-state index in [0.717, 1.165) is 0 Å². The van der Waals surface area contributed by atoms with E-state index in [0.29, 0.717) is 0 Å². The average molecular weight is 234 g/mol. The molecule has 0 aliphatic rings. The average Bonchev–Trinajstić information content (AvgIpc) is 2.09. The van der Waals surface area contributed by atoms with Crippen LogP contribution in [0.4, 0.5) is 0 Å². The van der Waals surface area contributed by atoms with E-state index >= 15 is 0 Å². The van der Waals surface area contributed by atoms with Crippen molar-refractivity contribution in [3.05, 3.63) is 0 Å². The molecule has 0 aliphatic heterocycles. The van der Waals surface area contributed by atoms with E-state index in [9.17, 15) is 19.2 Å². The minimum Gasteiger partial charge on any atom is -0.481 e. The van der Waals surface area contributed by atoms with Crippen LogP contribution in [0.2, 0.25) is 0 Å². The Kier molecular flexibility index (Phi) is 4.93. The third-order valence-electron chi connectivity index (χ3n) is 1.91. The van der Waals surface area contributed by atoms with Crippen LogP contribution < -0.4 is 0 Å². The molecule has 8 nitrogen and oxygen atoms in total. The van der Waals surface area contributed by atoms with Gasteiger partial charge in [-0.25, -0.2) is 0 Å². The van der Waals surface area contributed by atoms with Crippen molar-refractivity contribution in [2.24, 2.45) is 11.8 Å². The van der Waals surface area contributed by atoms with E-state index in [4.69, 9.17) is 20.4 Å². The molecule has 0 aromatic rings. The maximum absolute atomic E-state index is 10.6. The Morgan fingerprint density at radius 2 is 0.938 bits per heavy atom. The molecule has 8 heteroatoms. The topological polar surface area (TPSA) is 149 Å². The monoisotopic (exact) mass is 234 g/mol. The second kappa shape index (κ2) is 5.69. The molecule has 0 aliphatic carbocycles. The zero-order valence-corrected chi connectivity index (χ0v) is 7.99. The largest absolute Gasteiger partial charge is 0.481 e. The van der Waals surface area contributed by atoms with Gasteiger partial charge in [-0.1, -0.05) is 0 Å². The second-order valence-electron chi connectivity index (χ2n) is 3.09. The summed E-state index contributed by atoms with van der Waals surface area (Å²) in [5, 5.41) is 34.1. The first kappa shape index (κ1) is 13.9. The van der Waals surface area contributed by atoms with Crippen LogP contribution >= 0.6 is 0 Å². The van der Waals surface area contributed by atoms with Gasteiger partial charge in [0.25, 0.3) is 0 Å². The van der Waals surface area contributed by atoms with Crippen molar-refractivity contribution in [1.82, 2.24) is 0 Å². The van der Waals surface area contributed by atoms with Crippen molar-refractivity contribution in [3.8, 4) is 0 Å². The third-order valence-corrected chi connectivity index (χ3v) is 1.91. The normalized spacial score (nSPS) is 13.8. The fourth-order valence-corrected chi connectivity index (χ4v) is 1.18. The number of rotatable bonds is 7. The summed E-state index contributed by atoms with van der Waals surface area (Å²) in [7, 11) is 0. The first-order valence-corrected chi connectivity index (χ1v) is 4.15. The predicted molar refractivity (Wildman–Crippen MR) is 46.8 cm³/mol. The van der Waals surface area contributed by atoms with E-state index in [-0.39, 0.29) is 0 Å². The zero-order valence-electron chi connectivity index (χ0n) is 7.99. The second-order valence-corrected chi connectivity index (χ2v) is 3.09. The molecule has 0 saturated carbocycles. The van der Waals surface area contributed by atoms with Gasteiger partial charge in [0, 0.05) is 0 Å². The Balaban J connectivity index is 4.93. The Morgan fingerprint density at radius 3 is 1.06 bits per heavy atom. The lowest BCUT2D eigenvalue weighted by atomic mass is 9.87. The Hall–Kier alpha value is -2.12. The summed E-state index contributed by atoms with van der Waals surface area (Å²) in [6.07, 6.45) is -1.86. The van der Waals surface area contributed by atoms with Gasteiger partial charge in [0.15, 0.2) is 0 Å². The molecule has 16 heavy (non-hydrogen) atoms. The van der Waals surface area contributed by atoms with Crippen LogP contribution in [0.3, 0.4) is 0 Å². The molecule has 90 valence electrons. The first-order valence-electron chi connectivity index (χ1n) is 4.15. The molecule has 0 bridgehead atoms. The summed E-state index contributed by atoms with van der Waals surface area (Å²) in [5.41, 5.74) is 0. The number of carboxylic acid groups (broad SMARTS) is 4. The Morgan fingerprint density at radius 1 is 0.688 bits per heavy atom. The van der Waals surface area contributed by atoms with Crippen molar-refractivity contribution in [3.63, 3.8) is 0 Å². The Bertz CT molecular complexity index is 288. The van der Waals surface area contributed by atoms with Gasteiger partial charge >= 0.3 is 23.9 Å². The molecule has 0 heterocycles. The van der Waals surface area contributed by atoms with E-state index < -0.39 is 48.6 Å². The van der Waals surface area contributed by atoms with Crippen molar-refractivity contribution in [2.45, 2.75) is 12.8 Å². The molecule has 0 spiro atoms. The van der Waals surface area contributed by atoms with Gasteiger partial charge in [-0.05, 0) is 0 Å². The maximum atomic E-state index is 10.6. The lowest BCUT2D eigenvalue weighted by Crippen LogP contribution is -2.33. The van der Waals surface area contributed by atoms with Crippen molar-refractivity contribution in [1.29, 1.82) is 0 Å². The number of hydrogen-bond donors (Lipinski definition) is 4. The van der Waals surface area contributed by atoms with Crippen molar-refractivity contribution >= 4 is 23.9 Å². The van der Waals surface area contributed by atoms with E-state index in [2.05, 4.69) is 0 Å². The van der Waals surface area contributed by atoms with Crippen LogP contribution in [0.5, 0.6) is 0 Å². The van der Waals surface area contributed by atoms with E-state index in [1.165, 1.54) is 0 Å². The summed E-state index contributed by atoms with van der Waals surface area (Å²) in [6.45, 7) is 0. The molecule has 1 unspecified atom stereocenters. The lowest BCUT2D eigenvalue weighted by Gasteiger charge is -2.16.